The minimum absolute atomic E-state index is 0.0812. The average molecular weight is 465 g/mol. The molecule has 2 rings (SSSR count). The van der Waals surface area contributed by atoms with Crippen LogP contribution in [-0.4, -0.2) is 27.1 Å². The van der Waals surface area contributed by atoms with E-state index >= 15 is 0 Å². The van der Waals surface area contributed by atoms with Crippen molar-refractivity contribution >= 4 is 33.2 Å². The second-order valence-electron chi connectivity index (χ2n) is 8.98. The fraction of sp³-hybridized carbons (Fsp3) is 0.458. The number of rotatable bonds is 8. The van der Waals surface area contributed by atoms with Crippen LogP contribution < -0.4 is 9.62 Å². The van der Waals surface area contributed by atoms with Gasteiger partial charge in [-0.3, -0.25) is 9.10 Å². The Morgan fingerprint density at radius 3 is 2.29 bits per heavy atom. The van der Waals surface area contributed by atoms with Crippen LogP contribution in [0.1, 0.15) is 63.3 Å². The van der Waals surface area contributed by atoms with Gasteiger partial charge in [-0.15, -0.1) is 0 Å². The normalized spacial score (nSPS) is 13.0. The van der Waals surface area contributed by atoms with Gasteiger partial charge in [0, 0.05) is 18.0 Å². The van der Waals surface area contributed by atoms with Crippen molar-refractivity contribution in [1.82, 2.24) is 5.32 Å². The smallest absolute Gasteiger partial charge is 0.232 e. The predicted octanol–water partition coefficient (Wildman–Crippen LogP) is 5.37. The van der Waals surface area contributed by atoms with Gasteiger partial charge in [0.2, 0.25) is 15.9 Å². The summed E-state index contributed by atoms with van der Waals surface area (Å²) in [5, 5.41) is 3.51. The van der Waals surface area contributed by atoms with Gasteiger partial charge in [0.25, 0.3) is 0 Å². The van der Waals surface area contributed by atoms with Crippen molar-refractivity contribution in [3.8, 4) is 0 Å². The summed E-state index contributed by atoms with van der Waals surface area (Å²) in [5.74, 6) is -0.108. The minimum atomic E-state index is -3.49. The van der Waals surface area contributed by atoms with Crippen LogP contribution in [0.15, 0.2) is 42.5 Å². The summed E-state index contributed by atoms with van der Waals surface area (Å²) in [4.78, 5) is 12.4. The fourth-order valence-electron chi connectivity index (χ4n) is 3.38. The predicted molar refractivity (Wildman–Crippen MR) is 129 cm³/mol. The summed E-state index contributed by atoms with van der Waals surface area (Å²) >= 11 is 6.16. The first kappa shape index (κ1) is 25.2. The van der Waals surface area contributed by atoms with Crippen LogP contribution in [0.3, 0.4) is 0 Å². The second kappa shape index (κ2) is 10.0. The van der Waals surface area contributed by atoms with Gasteiger partial charge in [0.15, 0.2) is 0 Å². The Labute approximate surface area is 191 Å². The van der Waals surface area contributed by atoms with Crippen LogP contribution in [0.4, 0.5) is 5.69 Å². The molecule has 0 aliphatic rings. The van der Waals surface area contributed by atoms with E-state index in [9.17, 15) is 13.2 Å². The highest BCUT2D eigenvalue weighted by atomic mass is 35.5. The van der Waals surface area contributed by atoms with Crippen LogP contribution >= 0.6 is 11.6 Å². The lowest BCUT2D eigenvalue weighted by Gasteiger charge is -2.24. The van der Waals surface area contributed by atoms with E-state index in [4.69, 9.17) is 11.6 Å². The van der Waals surface area contributed by atoms with Crippen molar-refractivity contribution in [1.29, 1.82) is 0 Å². The summed E-state index contributed by atoms with van der Waals surface area (Å²) in [6, 6.07) is 13.3. The van der Waals surface area contributed by atoms with Gasteiger partial charge in [-0.25, -0.2) is 8.42 Å². The van der Waals surface area contributed by atoms with Gasteiger partial charge in [-0.1, -0.05) is 62.7 Å². The Bertz CT molecular complexity index is 1010. The third-order valence-electron chi connectivity index (χ3n) is 5.33. The number of benzene rings is 2. The lowest BCUT2D eigenvalue weighted by molar-refractivity contribution is -0.121. The van der Waals surface area contributed by atoms with E-state index in [2.05, 4.69) is 38.2 Å². The molecule has 2 aromatic rings. The number of nitrogens with one attached hydrogen (secondary N) is 1. The maximum atomic E-state index is 12.4. The number of halogens is 1. The highest BCUT2D eigenvalue weighted by Crippen LogP contribution is 2.28. The Kier molecular flexibility index (Phi) is 8.17. The lowest BCUT2D eigenvalue weighted by atomic mass is 9.86. The maximum absolute atomic E-state index is 12.4. The van der Waals surface area contributed by atoms with Crippen molar-refractivity contribution in [3.63, 3.8) is 0 Å². The first-order chi connectivity index (χ1) is 14.3. The number of amides is 1. The van der Waals surface area contributed by atoms with Gasteiger partial charge in [-0.2, -0.15) is 0 Å². The molecule has 0 fully saturated rings. The summed E-state index contributed by atoms with van der Waals surface area (Å²) in [7, 11) is -3.49. The number of nitrogens with zero attached hydrogens (tertiary/aromatic N) is 1. The molecule has 1 amide bonds. The van der Waals surface area contributed by atoms with E-state index in [0.717, 1.165) is 11.8 Å². The summed E-state index contributed by atoms with van der Waals surface area (Å²) in [6.45, 7) is 10.4. The number of carbonyl (C=O) groups excluding carboxylic acids is 1. The topological polar surface area (TPSA) is 66.5 Å². The molecule has 0 aromatic heterocycles. The molecule has 7 heteroatoms. The zero-order valence-corrected chi connectivity index (χ0v) is 20.8. The van der Waals surface area contributed by atoms with Crippen molar-refractivity contribution in [2.24, 2.45) is 0 Å². The van der Waals surface area contributed by atoms with Gasteiger partial charge in [-0.05, 0) is 54.5 Å². The molecule has 1 N–H and O–H groups in total. The van der Waals surface area contributed by atoms with Crippen molar-refractivity contribution in [3.05, 3.63) is 64.2 Å². The number of hydrogen-bond donors (Lipinski definition) is 1. The number of anilines is 1. The molecule has 0 bridgehead atoms. The maximum Gasteiger partial charge on any atom is 0.232 e. The minimum Gasteiger partial charge on any atom is -0.350 e. The van der Waals surface area contributed by atoms with E-state index in [1.807, 2.05) is 19.1 Å². The molecule has 31 heavy (non-hydrogen) atoms. The van der Waals surface area contributed by atoms with Crippen LogP contribution in [0.2, 0.25) is 5.02 Å². The van der Waals surface area contributed by atoms with Crippen LogP contribution in [0.25, 0.3) is 0 Å². The van der Waals surface area contributed by atoms with Crippen molar-refractivity contribution < 1.29 is 13.2 Å². The Hall–Kier alpha value is -2.05. The van der Waals surface area contributed by atoms with Gasteiger partial charge >= 0.3 is 0 Å². The quantitative estimate of drug-likeness (QED) is 0.571. The fourth-order valence-corrected chi connectivity index (χ4v) is 4.57. The molecule has 0 spiro atoms. The SMILES string of the molecule is Cc1c(Cl)cccc1N(CCCC(=O)N[C@H](C)c1ccc(C(C)(C)C)cc1)S(C)(=O)=O. The van der Waals surface area contributed by atoms with Crippen LogP contribution in [0.5, 0.6) is 0 Å². The Morgan fingerprint density at radius 2 is 1.74 bits per heavy atom. The average Bonchev–Trinajstić information content (AvgIpc) is 2.66. The third-order valence-corrected chi connectivity index (χ3v) is 6.92. The highest BCUT2D eigenvalue weighted by Gasteiger charge is 2.21. The summed E-state index contributed by atoms with van der Waals surface area (Å²) < 4.78 is 25.9. The molecule has 170 valence electrons. The molecule has 0 aliphatic heterocycles. The summed E-state index contributed by atoms with van der Waals surface area (Å²) in [5.41, 5.74) is 3.60. The van der Waals surface area contributed by atoms with Crippen molar-refractivity contribution in [2.45, 2.75) is 58.9 Å². The molecule has 0 radical (unpaired) electrons. The van der Waals surface area contributed by atoms with E-state index in [-0.39, 0.29) is 30.3 Å². The molecule has 1 atom stereocenters. The monoisotopic (exact) mass is 464 g/mol. The van der Waals surface area contributed by atoms with Gasteiger partial charge in [0.05, 0.1) is 18.0 Å². The standard InChI is InChI=1S/C24H33ClN2O3S/c1-17-21(25)9-7-10-22(17)27(31(6,29)30)16-8-11-23(28)26-18(2)19-12-14-20(15-13-19)24(3,4)5/h7,9-10,12-15,18H,8,11,16H2,1-6H3,(H,26,28)/t18-/m1/s1. The number of hydrogen-bond acceptors (Lipinski definition) is 3. The Balaban J connectivity index is 1.97. The van der Waals surface area contributed by atoms with E-state index in [0.29, 0.717) is 22.7 Å². The zero-order valence-electron chi connectivity index (χ0n) is 19.2. The number of sulfonamides is 1. The van der Waals surface area contributed by atoms with Gasteiger partial charge < -0.3 is 5.32 Å². The first-order valence-corrected chi connectivity index (χ1v) is 12.7. The molecular formula is C24H33ClN2O3S. The van der Waals surface area contributed by atoms with E-state index < -0.39 is 10.0 Å². The second-order valence-corrected chi connectivity index (χ2v) is 11.3. The molecule has 0 aliphatic carbocycles. The zero-order chi connectivity index (χ0) is 23.4. The van der Waals surface area contributed by atoms with Crippen molar-refractivity contribution in [2.75, 3.05) is 17.1 Å². The van der Waals surface area contributed by atoms with Crippen LogP contribution in [0, 0.1) is 6.92 Å². The molecule has 0 unspecified atom stereocenters. The molecule has 0 saturated carbocycles. The first-order valence-electron chi connectivity index (χ1n) is 10.4. The molecule has 2 aromatic carbocycles. The molecule has 5 nitrogen and oxygen atoms in total. The summed E-state index contributed by atoms with van der Waals surface area (Å²) in [6.07, 6.45) is 1.80. The Morgan fingerprint density at radius 1 is 1.13 bits per heavy atom. The highest BCUT2D eigenvalue weighted by molar-refractivity contribution is 7.92. The van der Waals surface area contributed by atoms with E-state index in [1.165, 1.54) is 9.87 Å². The van der Waals surface area contributed by atoms with Crippen LogP contribution in [-0.2, 0) is 20.2 Å². The molecule has 0 saturated heterocycles. The third kappa shape index (κ3) is 6.97. The number of carbonyl (C=O) groups is 1. The van der Waals surface area contributed by atoms with E-state index in [1.54, 1.807) is 25.1 Å². The lowest BCUT2D eigenvalue weighted by Crippen LogP contribution is -2.33. The van der Waals surface area contributed by atoms with Gasteiger partial charge in [0.1, 0.15) is 0 Å². The molecular weight excluding hydrogens is 432 g/mol. The largest absolute Gasteiger partial charge is 0.350 e. The molecule has 0 heterocycles.